The molecule has 2 atom stereocenters. The van der Waals surface area contributed by atoms with Crippen LogP contribution in [-0.4, -0.2) is 45.7 Å². The summed E-state index contributed by atoms with van der Waals surface area (Å²) in [6.07, 6.45) is 3.69. The maximum atomic E-state index is 14.5. The van der Waals surface area contributed by atoms with Crippen LogP contribution in [0.1, 0.15) is 50.1 Å². The zero-order valence-electron chi connectivity index (χ0n) is 21.9. The van der Waals surface area contributed by atoms with E-state index in [-0.39, 0.29) is 66.5 Å². The zero-order valence-corrected chi connectivity index (χ0v) is 22.6. The van der Waals surface area contributed by atoms with Crippen LogP contribution in [0.25, 0.3) is 0 Å². The SMILES string of the molecule is O=C(NC1CCC(F)(F)CC1)[C@@H](c1ccccc1Cl)N(C(=O)[C@@H]1CCC(=O)N1c1cnccn1)c1cccc(F)c1. The van der Waals surface area contributed by atoms with Crippen molar-refractivity contribution in [2.75, 3.05) is 9.80 Å². The number of hydrogen-bond donors (Lipinski definition) is 1. The van der Waals surface area contributed by atoms with Gasteiger partial charge in [-0.2, -0.15) is 0 Å². The topological polar surface area (TPSA) is 95.5 Å². The summed E-state index contributed by atoms with van der Waals surface area (Å²) in [5.74, 6) is -4.98. The first kappa shape index (κ1) is 28.5. The van der Waals surface area contributed by atoms with Gasteiger partial charge < -0.3 is 5.32 Å². The summed E-state index contributed by atoms with van der Waals surface area (Å²) in [5.41, 5.74) is 0.310. The number of aromatic nitrogens is 2. The fraction of sp³-hybridized carbons (Fsp3) is 0.345. The molecule has 3 aromatic rings. The first-order valence-electron chi connectivity index (χ1n) is 13.2. The molecule has 2 aromatic carbocycles. The minimum Gasteiger partial charge on any atom is -0.351 e. The van der Waals surface area contributed by atoms with E-state index in [9.17, 15) is 27.6 Å². The molecule has 2 fully saturated rings. The molecule has 12 heteroatoms. The number of nitrogens with one attached hydrogen (secondary N) is 1. The molecular weight excluding hydrogens is 559 g/mol. The maximum Gasteiger partial charge on any atom is 0.251 e. The highest BCUT2D eigenvalue weighted by atomic mass is 35.5. The van der Waals surface area contributed by atoms with Gasteiger partial charge in [0.1, 0.15) is 17.9 Å². The van der Waals surface area contributed by atoms with Gasteiger partial charge in [0.2, 0.25) is 17.7 Å². The van der Waals surface area contributed by atoms with Crippen LogP contribution in [0, 0.1) is 5.82 Å². The van der Waals surface area contributed by atoms with Crippen LogP contribution in [0.3, 0.4) is 0 Å². The van der Waals surface area contributed by atoms with Gasteiger partial charge >= 0.3 is 0 Å². The first-order chi connectivity index (χ1) is 19.6. The molecule has 2 heterocycles. The number of amides is 3. The van der Waals surface area contributed by atoms with Crippen molar-refractivity contribution in [2.45, 2.75) is 62.6 Å². The molecule has 0 bridgehead atoms. The Morgan fingerprint density at radius 3 is 2.51 bits per heavy atom. The molecule has 41 heavy (non-hydrogen) atoms. The van der Waals surface area contributed by atoms with E-state index in [2.05, 4.69) is 15.3 Å². The number of alkyl halides is 2. The summed E-state index contributed by atoms with van der Waals surface area (Å²) >= 11 is 6.54. The highest BCUT2D eigenvalue weighted by molar-refractivity contribution is 6.31. The van der Waals surface area contributed by atoms with Crippen molar-refractivity contribution in [1.29, 1.82) is 0 Å². The molecule has 2 aliphatic rings. The second kappa shape index (κ2) is 11.9. The van der Waals surface area contributed by atoms with Crippen LogP contribution in [-0.2, 0) is 14.4 Å². The van der Waals surface area contributed by atoms with Crippen molar-refractivity contribution in [3.8, 4) is 0 Å². The predicted octanol–water partition coefficient (Wildman–Crippen LogP) is 5.23. The lowest BCUT2D eigenvalue weighted by Gasteiger charge is -2.37. The Hall–Kier alpha value is -3.99. The Labute approximate surface area is 239 Å². The fourth-order valence-corrected chi connectivity index (χ4v) is 5.61. The molecule has 0 spiro atoms. The summed E-state index contributed by atoms with van der Waals surface area (Å²) in [6.45, 7) is 0. The number of benzene rings is 2. The largest absolute Gasteiger partial charge is 0.351 e. The first-order valence-corrected chi connectivity index (χ1v) is 13.6. The van der Waals surface area contributed by atoms with Gasteiger partial charge in [-0.1, -0.05) is 35.9 Å². The van der Waals surface area contributed by atoms with Crippen LogP contribution >= 0.6 is 11.6 Å². The molecule has 5 rings (SSSR count). The lowest BCUT2D eigenvalue weighted by atomic mass is 9.91. The maximum absolute atomic E-state index is 14.5. The van der Waals surface area contributed by atoms with Gasteiger partial charge in [-0.05, 0) is 43.5 Å². The van der Waals surface area contributed by atoms with Crippen molar-refractivity contribution in [3.63, 3.8) is 0 Å². The van der Waals surface area contributed by atoms with Gasteiger partial charge in [-0.25, -0.2) is 18.2 Å². The van der Waals surface area contributed by atoms with Gasteiger partial charge in [0.05, 0.1) is 6.20 Å². The molecule has 0 radical (unpaired) electrons. The Bertz CT molecular complexity index is 1430. The minimum absolute atomic E-state index is 0.0449. The number of hydrogen-bond acceptors (Lipinski definition) is 5. The second-order valence-corrected chi connectivity index (χ2v) is 10.5. The Balaban J connectivity index is 1.58. The van der Waals surface area contributed by atoms with E-state index < -0.39 is 41.7 Å². The molecule has 0 unspecified atom stereocenters. The third-order valence-corrected chi connectivity index (χ3v) is 7.73. The number of rotatable bonds is 7. The second-order valence-electron chi connectivity index (χ2n) is 10.1. The number of carbonyl (C=O) groups excluding carboxylic acids is 3. The molecule has 1 aliphatic heterocycles. The summed E-state index contributed by atoms with van der Waals surface area (Å²) in [7, 11) is 0. The van der Waals surface area contributed by atoms with Crippen LogP contribution in [0.5, 0.6) is 0 Å². The third-order valence-electron chi connectivity index (χ3n) is 7.39. The van der Waals surface area contributed by atoms with E-state index in [1.807, 2.05) is 0 Å². The zero-order chi connectivity index (χ0) is 29.1. The highest BCUT2D eigenvalue weighted by Crippen LogP contribution is 2.37. The average molecular weight is 586 g/mol. The van der Waals surface area contributed by atoms with Gasteiger partial charge in [0.15, 0.2) is 5.82 Å². The van der Waals surface area contributed by atoms with Crippen molar-refractivity contribution in [2.24, 2.45) is 0 Å². The van der Waals surface area contributed by atoms with Crippen molar-refractivity contribution >= 4 is 40.8 Å². The lowest BCUT2D eigenvalue weighted by molar-refractivity contribution is -0.128. The number of halogens is 4. The van der Waals surface area contributed by atoms with E-state index >= 15 is 0 Å². The molecule has 1 aliphatic carbocycles. The number of carbonyl (C=O) groups is 3. The Kier molecular flexibility index (Phi) is 8.25. The summed E-state index contributed by atoms with van der Waals surface area (Å²) in [5, 5.41) is 2.99. The van der Waals surface area contributed by atoms with Crippen LogP contribution in [0.2, 0.25) is 5.02 Å². The third kappa shape index (κ3) is 6.19. The van der Waals surface area contributed by atoms with Gasteiger partial charge in [-0.3, -0.25) is 29.2 Å². The molecule has 214 valence electrons. The monoisotopic (exact) mass is 585 g/mol. The van der Waals surface area contributed by atoms with Crippen LogP contribution in [0.4, 0.5) is 24.7 Å². The van der Waals surface area contributed by atoms with E-state index in [0.717, 1.165) is 11.0 Å². The minimum atomic E-state index is -2.80. The molecule has 1 aromatic heterocycles. The Morgan fingerprint density at radius 1 is 1.07 bits per heavy atom. The van der Waals surface area contributed by atoms with Crippen LogP contribution in [0.15, 0.2) is 67.1 Å². The van der Waals surface area contributed by atoms with Gasteiger partial charge in [-0.15, -0.1) is 0 Å². The molecule has 8 nitrogen and oxygen atoms in total. The highest BCUT2D eigenvalue weighted by Gasteiger charge is 2.45. The summed E-state index contributed by atoms with van der Waals surface area (Å²) < 4.78 is 42.2. The smallest absolute Gasteiger partial charge is 0.251 e. The predicted molar refractivity (Wildman–Crippen MR) is 146 cm³/mol. The Morgan fingerprint density at radius 2 is 1.83 bits per heavy atom. The lowest BCUT2D eigenvalue weighted by Crippen LogP contribution is -2.53. The van der Waals surface area contributed by atoms with E-state index in [1.54, 1.807) is 24.3 Å². The van der Waals surface area contributed by atoms with E-state index in [4.69, 9.17) is 11.6 Å². The standard InChI is InChI=1S/C29H27ClF3N5O3/c30-22-7-2-1-6-21(22)26(27(40)36-19-10-12-29(32,33)13-11-19)37(20-5-3-4-18(31)16-20)28(41)23-8-9-25(39)38(23)24-17-34-14-15-35-24/h1-7,14-17,19,23,26H,8-13H2,(H,36,40)/t23-,26+/m0/s1. The normalized spacial score (nSPS) is 19.6. The quantitative estimate of drug-likeness (QED) is 0.410. The number of anilines is 2. The molecule has 1 N–H and O–H groups in total. The molecular formula is C29H27ClF3N5O3. The molecule has 1 saturated carbocycles. The average Bonchev–Trinajstić information content (AvgIpc) is 3.34. The van der Waals surface area contributed by atoms with E-state index in [1.165, 1.54) is 41.7 Å². The van der Waals surface area contributed by atoms with Crippen molar-refractivity contribution in [3.05, 3.63) is 83.5 Å². The molecule has 3 amide bonds. The van der Waals surface area contributed by atoms with Crippen LogP contribution < -0.4 is 15.1 Å². The van der Waals surface area contributed by atoms with Gasteiger partial charge in [0.25, 0.3) is 5.91 Å². The van der Waals surface area contributed by atoms with Crippen molar-refractivity contribution in [1.82, 2.24) is 15.3 Å². The molecule has 1 saturated heterocycles. The fourth-order valence-electron chi connectivity index (χ4n) is 5.37. The van der Waals surface area contributed by atoms with E-state index in [0.29, 0.717) is 0 Å². The number of nitrogens with zero attached hydrogens (tertiary/aromatic N) is 4. The summed E-state index contributed by atoms with van der Waals surface area (Å²) in [4.78, 5) is 51.9. The summed E-state index contributed by atoms with van der Waals surface area (Å²) in [6, 6.07) is 8.57. The van der Waals surface area contributed by atoms with Crippen molar-refractivity contribution < 1.29 is 27.6 Å². The van der Waals surface area contributed by atoms with Gasteiger partial charge in [0, 0.05) is 54.0 Å².